The molecule has 3 aromatic rings. The van der Waals surface area contributed by atoms with Crippen LogP contribution in [0.15, 0.2) is 53.3 Å². The highest BCUT2D eigenvalue weighted by atomic mass is 79.9. The van der Waals surface area contributed by atoms with Gasteiger partial charge in [-0.25, -0.2) is 4.98 Å². The number of hydrogen-bond donors (Lipinski definition) is 1. The third-order valence-electron chi connectivity index (χ3n) is 2.91. The van der Waals surface area contributed by atoms with Gasteiger partial charge in [0.2, 0.25) is 0 Å². The Labute approximate surface area is 113 Å². The van der Waals surface area contributed by atoms with E-state index in [0.29, 0.717) is 0 Å². The Morgan fingerprint density at radius 2 is 1.94 bits per heavy atom. The Hall–Kier alpha value is -1.81. The minimum absolute atomic E-state index is 0.762. The number of benzene rings is 1. The molecule has 1 aromatic carbocycles. The van der Waals surface area contributed by atoms with Gasteiger partial charge in [0.1, 0.15) is 5.82 Å². The van der Waals surface area contributed by atoms with Crippen LogP contribution >= 0.6 is 15.9 Å². The summed E-state index contributed by atoms with van der Waals surface area (Å²) >= 11 is 3.44. The van der Waals surface area contributed by atoms with Gasteiger partial charge in [-0.1, -0.05) is 28.1 Å². The highest BCUT2D eigenvalue weighted by Crippen LogP contribution is 2.16. The molecule has 3 rings (SSSR count). The maximum Gasteiger partial charge on any atom is 0.117 e. The van der Waals surface area contributed by atoms with Gasteiger partial charge in [0.25, 0.3) is 0 Å². The molecule has 0 aliphatic rings. The second-order valence-corrected chi connectivity index (χ2v) is 5.15. The molecule has 2 heterocycles. The number of halogens is 1. The van der Waals surface area contributed by atoms with Crippen molar-refractivity contribution >= 4 is 27.1 Å². The first-order valence-corrected chi connectivity index (χ1v) is 6.47. The molecule has 0 aliphatic carbocycles. The van der Waals surface area contributed by atoms with E-state index >= 15 is 0 Å². The van der Waals surface area contributed by atoms with Crippen LogP contribution in [-0.4, -0.2) is 9.38 Å². The number of fused-ring (bicyclic) bond motifs is 1. The number of nitrogens with two attached hydrogens (primary N) is 1. The fourth-order valence-electron chi connectivity index (χ4n) is 1.99. The highest BCUT2D eigenvalue weighted by Gasteiger charge is 2.04. The summed E-state index contributed by atoms with van der Waals surface area (Å²) in [7, 11) is 0. The van der Waals surface area contributed by atoms with Crippen LogP contribution in [0, 0.1) is 0 Å². The van der Waals surface area contributed by atoms with Gasteiger partial charge >= 0.3 is 0 Å². The van der Waals surface area contributed by atoms with E-state index in [1.165, 1.54) is 5.56 Å². The molecule has 0 aliphatic heterocycles. The summed E-state index contributed by atoms with van der Waals surface area (Å²) in [4.78, 5) is 4.45. The van der Waals surface area contributed by atoms with Crippen LogP contribution in [-0.2, 0) is 6.42 Å². The van der Waals surface area contributed by atoms with Crippen LogP contribution in [0.3, 0.4) is 0 Å². The number of pyridine rings is 1. The molecule has 0 bridgehead atoms. The molecule has 2 N–H and O–H groups in total. The topological polar surface area (TPSA) is 43.3 Å². The van der Waals surface area contributed by atoms with Gasteiger partial charge in [0, 0.05) is 22.8 Å². The number of imidazole rings is 1. The molecule has 0 saturated heterocycles. The predicted molar refractivity (Wildman–Crippen MR) is 76.6 cm³/mol. The molecular weight excluding hydrogens is 290 g/mol. The summed E-state index contributed by atoms with van der Waals surface area (Å²) in [5.41, 5.74) is 8.79. The molecular formula is C14H12BrN3. The molecule has 4 heteroatoms. The van der Waals surface area contributed by atoms with Crippen LogP contribution in [0.4, 0.5) is 5.69 Å². The number of rotatable bonds is 2. The van der Waals surface area contributed by atoms with Crippen LogP contribution in [0.1, 0.15) is 11.4 Å². The normalized spacial score (nSPS) is 10.9. The minimum atomic E-state index is 0.762. The van der Waals surface area contributed by atoms with Crippen LogP contribution in [0.2, 0.25) is 0 Å². The average molecular weight is 302 g/mol. The number of hydrogen-bond acceptors (Lipinski definition) is 2. The van der Waals surface area contributed by atoms with Crippen molar-refractivity contribution in [3.05, 3.63) is 64.7 Å². The van der Waals surface area contributed by atoms with Crippen LogP contribution in [0.25, 0.3) is 5.52 Å². The Kier molecular flexibility index (Phi) is 2.80. The quantitative estimate of drug-likeness (QED) is 0.789. The lowest BCUT2D eigenvalue weighted by molar-refractivity contribution is 0.962. The first-order valence-electron chi connectivity index (χ1n) is 5.68. The van der Waals surface area contributed by atoms with Crippen molar-refractivity contribution in [1.82, 2.24) is 9.38 Å². The van der Waals surface area contributed by atoms with Crippen LogP contribution < -0.4 is 5.73 Å². The fourth-order valence-corrected chi connectivity index (χ4v) is 2.25. The van der Waals surface area contributed by atoms with Gasteiger partial charge in [0.05, 0.1) is 11.7 Å². The average Bonchev–Trinajstić information content (AvgIpc) is 2.74. The summed E-state index contributed by atoms with van der Waals surface area (Å²) in [6, 6.07) is 12.1. The number of aromatic nitrogens is 2. The monoisotopic (exact) mass is 301 g/mol. The van der Waals surface area contributed by atoms with E-state index < -0.39 is 0 Å². The lowest BCUT2D eigenvalue weighted by Crippen LogP contribution is -1.96. The largest absolute Gasteiger partial charge is 0.399 e. The van der Waals surface area contributed by atoms with Crippen molar-refractivity contribution in [1.29, 1.82) is 0 Å². The van der Waals surface area contributed by atoms with Gasteiger partial charge < -0.3 is 10.1 Å². The standard InChI is InChI=1S/C14H12BrN3/c15-11-3-1-10(2-4-11)7-14-17-9-13-8-12(16)5-6-18(13)14/h1-6,8-9H,7,16H2. The van der Waals surface area contributed by atoms with Crippen molar-refractivity contribution in [2.75, 3.05) is 5.73 Å². The van der Waals surface area contributed by atoms with Gasteiger partial charge in [-0.15, -0.1) is 0 Å². The van der Waals surface area contributed by atoms with E-state index in [4.69, 9.17) is 5.73 Å². The zero-order valence-electron chi connectivity index (χ0n) is 9.68. The molecule has 0 atom stereocenters. The summed E-state index contributed by atoms with van der Waals surface area (Å²) in [6.07, 6.45) is 4.63. The zero-order chi connectivity index (χ0) is 12.5. The summed E-state index contributed by atoms with van der Waals surface area (Å²) in [5.74, 6) is 1.02. The van der Waals surface area contributed by atoms with E-state index in [-0.39, 0.29) is 0 Å². The van der Waals surface area contributed by atoms with Gasteiger partial charge in [-0.3, -0.25) is 0 Å². The SMILES string of the molecule is Nc1ccn2c(Cc3ccc(Br)cc3)ncc2c1. The molecule has 18 heavy (non-hydrogen) atoms. The van der Waals surface area contributed by atoms with E-state index in [0.717, 1.165) is 27.9 Å². The summed E-state index contributed by atoms with van der Waals surface area (Å²) < 4.78 is 3.16. The van der Waals surface area contributed by atoms with Crippen molar-refractivity contribution in [3.63, 3.8) is 0 Å². The Balaban J connectivity index is 1.97. The van der Waals surface area contributed by atoms with Gasteiger partial charge in [-0.05, 0) is 29.8 Å². The third kappa shape index (κ3) is 2.11. The molecule has 0 unspecified atom stereocenters. The van der Waals surface area contributed by atoms with E-state index in [1.807, 2.05) is 36.7 Å². The third-order valence-corrected chi connectivity index (χ3v) is 3.44. The molecule has 0 saturated carbocycles. The second-order valence-electron chi connectivity index (χ2n) is 4.23. The van der Waals surface area contributed by atoms with Crippen molar-refractivity contribution in [2.45, 2.75) is 6.42 Å². The second kappa shape index (κ2) is 4.46. The Bertz CT molecular complexity index is 686. The maximum absolute atomic E-state index is 5.76. The molecule has 0 fully saturated rings. The number of nitrogen functional groups attached to an aromatic ring is 1. The molecule has 2 aromatic heterocycles. The fraction of sp³-hybridized carbons (Fsp3) is 0.0714. The maximum atomic E-state index is 5.76. The van der Waals surface area contributed by atoms with Gasteiger partial charge in [0.15, 0.2) is 0 Å². The van der Waals surface area contributed by atoms with E-state index in [9.17, 15) is 0 Å². The summed E-state index contributed by atoms with van der Waals surface area (Å²) in [6.45, 7) is 0. The number of nitrogens with zero attached hydrogens (tertiary/aromatic N) is 2. The predicted octanol–water partition coefficient (Wildman–Crippen LogP) is 3.27. The van der Waals surface area contributed by atoms with Crippen molar-refractivity contribution < 1.29 is 0 Å². The van der Waals surface area contributed by atoms with E-state index in [1.54, 1.807) is 0 Å². The minimum Gasteiger partial charge on any atom is -0.399 e. The summed E-state index contributed by atoms with van der Waals surface area (Å²) in [5, 5.41) is 0. The Morgan fingerprint density at radius 3 is 2.72 bits per heavy atom. The first-order chi connectivity index (χ1) is 8.72. The van der Waals surface area contributed by atoms with Crippen molar-refractivity contribution in [2.24, 2.45) is 0 Å². The molecule has 3 nitrogen and oxygen atoms in total. The lowest BCUT2D eigenvalue weighted by Gasteiger charge is -2.02. The molecule has 0 spiro atoms. The zero-order valence-corrected chi connectivity index (χ0v) is 11.3. The Morgan fingerprint density at radius 1 is 1.17 bits per heavy atom. The highest BCUT2D eigenvalue weighted by molar-refractivity contribution is 9.10. The van der Waals surface area contributed by atoms with Crippen molar-refractivity contribution in [3.8, 4) is 0 Å². The molecule has 0 radical (unpaired) electrons. The van der Waals surface area contributed by atoms with Crippen LogP contribution in [0.5, 0.6) is 0 Å². The molecule has 90 valence electrons. The molecule has 0 amide bonds. The lowest BCUT2D eigenvalue weighted by atomic mass is 10.1. The number of anilines is 1. The van der Waals surface area contributed by atoms with E-state index in [2.05, 4.69) is 37.4 Å². The van der Waals surface area contributed by atoms with Gasteiger partial charge in [-0.2, -0.15) is 0 Å². The smallest absolute Gasteiger partial charge is 0.117 e. The first kappa shape index (κ1) is 11.3.